The summed E-state index contributed by atoms with van der Waals surface area (Å²) in [5.41, 5.74) is 0. The van der Waals surface area contributed by atoms with Crippen LogP contribution < -0.4 is 0 Å². The summed E-state index contributed by atoms with van der Waals surface area (Å²) in [5, 5.41) is 0. The molecular weight excluding hydrogens is 363 g/mol. The van der Waals surface area contributed by atoms with Gasteiger partial charge in [-0.15, -0.1) is 0 Å². The van der Waals surface area contributed by atoms with E-state index in [1.165, 1.54) is 12.2 Å². The van der Waals surface area contributed by atoms with Crippen LogP contribution in [0.25, 0.3) is 0 Å². The summed E-state index contributed by atoms with van der Waals surface area (Å²) in [6, 6.07) is 0. The second kappa shape index (κ2) is 13.2. The van der Waals surface area contributed by atoms with Crippen LogP contribution in [0.5, 0.6) is 0 Å². The Morgan fingerprint density at radius 1 is 1.05 bits per heavy atom. The average molecular weight is 389 g/mol. The minimum atomic E-state index is -2.21. The van der Waals surface area contributed by atoms with Crippen molar-refractivity contribution in [3.05, 3.63) is 24.8 Å². The molecule has 5 heteroatoms. The third-order valence-electron chi connectivity index (χ3n) is 2.74. The van der Waals surface area contributed by atoms with Gasteiger partial charge in [-0.1, -0.05) is 0 Å². The molecule has 0 aromatic carbocycles. The van der Waals surface area contributed by atoms with Crippen LogP contribution >= 0.6 is 0 Å². The van der Waals surface area contributed by atoms with Crippen molar-refractivity contribution in [2.24, 2.45) is 0 Å². The molecule has 0 aliphatic heterocycles. The van der Waals surface area contributed by atoms with Crippen molar-refractivity contribution in [3.8, 4) is 0 Å². The number of rotatable bonds is 11. The first-order valence-electron chi connectivity index (χ1n) is 7.30. The van der Waals surface area contributed by atoms with E-state index < -0.39 is 32.1 Å². The molecule has 0 aliphatic carbocycles. The molecule has 0 aromatic rings. The van der Waals surface area contributed by atoms with Crippen LogP contribution in [0.1, 0.15) is 39.5 Å². The Hall–Kier alpha value is -0.781. The van der Waals surface area contributed by atoms with Gasteiger partial charge in [-0.05, 0) is 0 Å². The maximum atomic E-state index is 11.7. The second-order valence-electron chi connectivity index (χ2n) is 4.60. The Morgan fingerprint density at radius 2 is 1.60 bits per heavy atom. The van der Waals surface area contributed by atoms with Gasteiger partial charge in [0, 0.05) is 0 Å². The van der Waals surface area contributed by atoms with Gasteiger partial charge in [0.05, 0.1) is 0 Å². The zero-order valence-electron chi connectivity index (χ0n) is 12.6. The van der Waals surface area contributed by atoms with Crippen LogP contribution in [0, 0.1) is 0 Å². The Morgan fingerprint density at radius 3 is 2.10 bits per heavy atom. The van der Waals surface area contributed by atoms with Gasteiger partial charge in [0.2, 0.25) is 0 Å². The standard InChI is InChI=1S/C7H8O4.2C4H9.Sn.H/c1-2-5-11-7(10)4-3-6(8)9;2*1-3-4-2;;/h2-4H,1,5H2,(H,8,9);2*1,3-4H2,2H3;;/q;;;+1;/p-1/b4-3-;;;;. The average Bonchev–Trinajstić information content (AvgIpc) is 2.45. The van der Waals surface area contributed by atoms with Crippen molar-refractivity contribution in [1.82, 2.24) is 0 Å². The molecule has 0 amide bonds. The molecule has 0 atom stereocenters. The van der Waals surface area contributed by atoms with E-state index in [0.717, 1.165) is 40.6 Å². The normalized spacial score (nSPS) is 10.8. The van der Waals surface area contributed by atoms with E-state index in [0.29, 0.717) is 0 Å². The van der Waals surface area contributed by atoms with Gasteiger partial charge >= 0.3 is 129 Å². The van der Waals surface area contributed by atoms with Crippen LogP contribution in [0.2, 0.25) is 8.87 Å². The van der Waals surface area contributed by atoms with E-state index >= 15 is 0 Å². The fraction of sp³-hybridized carbons (Fsp3) is 0.600. The fourth-order valence-corrected chi connectivity index (χ4v) is 9.24. The van der Waals surface area contributed by atoms with E-state index in [2.05, 4.69) is 20.4 Å². The summed E-state index contributed by atoms with van der Waals surface area (Å²) in [4.78, 5) is 22.9. The van der Waals surface area contributed by atoms with Gasteiger partial charge < -0.3 is 0 Å². The van der Waals surface area contributed by atoms with Gasteiger partial charge in [-0.3, -0.25) is 0 Å². The quantitative estimate of drug-likeness (QED) is 0.236. The zero-order chi connectivity index (χ0) is 15.2. The molecule has 0 heterocycles. The Bertz CT molecular complexity index is 318. The first-order chi connectivity index (χ1) is 9.63. The van der Waals surface area contributed by atoms with Crippen molar-refractivity contribution in [2.45, 2.75) is 48.4 Å². The van der Waals surface area contributed by atoms with Crippen molar-refractivity contribution in [1.29, 1.82) is 0 Å². The van der Waals surface area contributed by atoms with Crippen molar-refractivity contribution >= 4 is 32.1 Å². The van der Waals surface area contributed by atoms with E-state index in [1.807, 2.05) is 0 Å². The van der Waals surface area contributed by atoms with Crippen LogP contribution in [-0.4, -0.2) is 38.7 Å². The van der Waals surface area contributed by atoms with Gasteiger partial charge in [-0.2, -0.15) is 0 Å². The molecule has 0 bridgehead atoms. The SMILES string of the molecule is C=CCOC(=O)/C=C\C(=O)[O][SnH]([CH2]CCC)[CH2]CCC. The van der Waals surface area contributed by atoms with Gasteiger partial charge in [0.15, 0.2) is 0 Å². The molecule has 0 aliphatic rings. The van der Waals surface area contributed by atoms with E-state index in [9.17, 15) is 9.59 Å². The number of ether oxygens (including phenoxy) is 1. The van der Waals surface area contributed by atoms with E-state index in [4.69, 9.17) is 7.81 Å². The Labute approximate surface area is 129 Å². The molecule has 4 nitrogen and oxygen atoms in total. The maximum absolute atomic E-state index is 11.7. The topological polar surface area (TPSA) is 52.6 Å². The third-order valence-corrected chi connectivity index (χ3v) is 10.4. The predicted octanol–water partition coefficient (Wildman–Crippen LogP) is 3.14. The van der Waals surface area contributed by atoms with Crippen molar-refractivity contribution < 1.29 is 17.4 Å². The molecule has 0 fully saturated rings. The van der Waals surface area contributed by atoms with Gasteiger partial charge in [-0.25, -0.2) is 0 Å². The van der Waals surface area contributed by atoms with Crippen LogP contribution in [-0.2, 0) is 17.4 Å². The molecule has 0 rings (SSSR count). The predicted molar refractivity (Wildman–Crippen MR) is 83.0 cm³/mol. The summed E-state index contributed by atoms with van der Waals surface area (Å²) >= 11 is -2.21. The second-order valence-corrected chi connectivity index (χ2v) is 12.1. The number of carbonyl (C=O) groups excluding carboxylic acids is 2. The number of hydrogen-bond donors (Lipinski definition) is 0. The molecule has 0 N–H and O–H groups in total. The Kier molecular flexibility index (Phi) is 12.7. The van der Waals surface area contributed by atoms with E-state index in [1.54, 1.807) is 0 Å². The van der Waals surface area contributed by atoms with Gasteiger partial charge in [0.25, 0.3) is 0 Å². The first-order valence-corrected chi connectivity index (χ1v) is 13.3. The van der Waals surface area contributed by atoms with Crippen molar-refractivity contribution in [3.63, 3.8) is 0 Å². The van der Waals surface area contributed by atoms with Crippen LogP contribution in [0.15, 0.2) is 24.8 Å². The fourth-order valence-electron chi connectivity index (χ4n) is 1.65. The monoisotopic (exact) mass is 390 g/mol. The summed E-state index contributed by atoms with van der Waals surface area (Å²) in [5.74, 6) is -0.940. The van der Waals surface area contributed by atoms with Gasteiger partial charge in [0.1, 0.15) is 0 Å². The number of carbonyl (C=O) groups is 2. The number of esters is 1. The Balaban J connectivity index is 4.18. The molecule has 20 heavy (non-hydrogen) atoms. The molecule has 0 saturated heterocycles. The molecular formula is C15H26O4Sn. The molecule has 0 radical (unpaired) electrons. The molecule has 0 aromatic heterocycles. The molecule has 0 saturated carbocycles. The van der Waals surface area contributed by atoms with E-state index in [-0.39, 0.29) is 6.61 Å². The number of hydrogen-bond acceptors (Lipinski definition) is 4. The zero-order valence-corrected chi connectivity index (χ0v) is 15.9. The minimum absolute atomic E-state index is 0.146. The first kappa shape index (κ1) is 19.2. The van der Waals surface area contributed by atoms with Crippen LogP contribution in [0.4, 0.5) is 0 Å². The number of unbranched alkanes of at least 4 members (excludes halogenated alkanes) is 2. The molecule has 0 unspecified atom stereocenters. The molecule has 114 valence electrons. The summed E-state index contributed by atoms with van der Waals surface area (Å²) < 4.78 is 12.5. The summed E-state index contributed by atoms with van der Waals surface area (Å²) in [6.07, 6.45) is 8.28. The summed E-state index contributed by atoms with van der Waals surface area (Å²) in [7, 11) is 0. The van der Waals surface area contributed by atoms with Crippen LogP contribution in [0.3, 0.4) is 0 Å². The van der Waals surface area contributed by atoms with Crippen molar-refractivity contribution in [2.75, 3.05) is 6.61 Å². The summed E-state index contributed by atoms with van der Waals surface area (Å²) in [6.45, 7) is 7.86. The third kappa shape index (κ3) is 11.1. The molecule has 0 spiro atoms.